The second kappa shape index (κ2) is 3.71. The van der Waals surface area contributed by atoms with E-state index >= 15 is 0 Å². The Labute approximate surface area is 99.8 Å². The zero-order chi connectivity index (χ0) is 13.7. The van der Waals surface area contributed by atoms with E-state index in [2.05, 4.69) is 5.10 Å². The number of aromatic nitrogens is 2. The minimum atomic E-state index is -4.61. The molecule has 0 spiro atoms. The van der Waals surface area contributed by atoms with E-state index in [1.807, 2.05) is 0 Å². The summed E-state index contributed by atoms with van der Waals surface area (Å²) in [4.78, 5) is 11.2. The molecule has 0 radical (unpaired) electrons. The molecule has 0 aliphatic heterocycles. The number of aliphatic hydroxyl groups excluding tert-OH is 1. The summed E-state index contributed by atoms with van der Waals surface area (Å²) in [5, 5.41) is 21.7. The number of rotatable bonds is 2. The van der Waals surface area contributed by atoms with E-state index in [0.29, 0.717) is 0 Å². The van der Waals surface area contributed by atoms with E-state index in [-0.39, 0.29) is 18.5 Å². The van der Waals surface area contributed by atoms with Gasteiger partial charge in [0.15, 0.2) is 5.69 Å². The molecule has 0 unspecified atom stereocenters. The van der Waals surface area contributed by atoms with Crippen LogP contribution in [0.5, 0.6) is 0 Å². The van der Waals surface area contributed by atoms with Crippen LogP contribution in [0.3, 0.4) is 0 Å². The molecule has 0 atom stereocenters. The molecule has 0 amide bonds. The van der Waals surface area contributed by atoms with Crippen LogP contribution >= 0.6 is 0 Å². The summed E-state index contributed by atoms with van der Waals surface area (Å²) >= 11 is 0. The number of carboxylic acids is 1. The fraction of sp³-hybridized carbons (Fsp3) is 0.600. The van der Waals surface area contributed by atoms with E-state index in [1.165, 1.54) is 7.05 Å². The highest BCUT2D eigenvalue weighted by Gasteiger charge is 2.54. The summed E-state index contributed by atoms with van der Waals surface area (Å²) < 4.78 is 38.4. The fourth-order valence-electron chi connectivity index (χ4n) is 2.29. The van der Waals surface area contributed by atoms with Crippen molar-refractivity contribution in [3.63, 3.8) is 0 Å². The molecule has 1 saturated carbocycles. The molecule has 0 saturated heterocycles. The third kappa shape index (κ3) is 1.76. The van der Waals surface area contributed by atoms with Crippen LogP contribution in [0.25, 0.3) is 0 Å². The summed E-state index contributed by atoms with van der Waals surface area (Å²) in [6.07, 6.45) is -5.61. The summed E-state index contributed by atoms with van der Waals surface area (Å²) in [5.41, 5.74) is -2.63. The van der Waals surface area contributed by atoms with Crippen molar-refractivity contribution in [3.05, 3.63) is 17.5 Å². The maximum atomic E-state index is 12.5. The van der Waals surface area contributed by atoms with Crippen molar-refractivity contribution >= 4 is 5.97 Å². The van der Waals surface area contributed by atoms with Gasteiger partial charge < -0.3 is 10.2 Å². The molecule has 2 rings (SSSR count). The van der Waals surface area contributed by atoms with Gasteiger partial charge in [-0.2, -0.15) is 18.3 Å². The minimum absolute atomic E-state index is 0.0346. The monoisotopic (exact) mass is 264 g/mol. The van der Waals surface area contributed by atoms with E-state index in [4.69, 9.17) is 5.11 Å². The van der Waals surface area contributed by atoms with E-state index < -0.39 is 29.4 Å². The van der Waals surface area contributed by atoms with Crippen molar-refractivity contribution in [2.75, 3.05) is 0 Å². The average molecular weight is 264 g/mol. The number of hydrogen-bond donors (Lipinski definition) is 2. The van der Waals surface area contributed by atoms with Gasteiger partial charge in [-0.05, 0) is 18.9 Å². The quantitative estimate of drug-likeness (QED) is 0.832. The van der Waals surface area contributed by atoms with Crippen molar-refractivity contribution in [2.24, 2.45) is 7.05 Å². The molecule has 1 fully saturated rings. The average Bonchev–Trinajstić information content (AvgIpc) is 2.54. The maximum absolute atomic E-state index is 12.5. The Balaban J connectivity index is 2.45. The molecule has 0 bridgehead atoms. The van der Waals surface area contributed by atoms with Gasteiger partial charge in [-0.3, -0.25) is 9.48 Å². The number of aliphatic carboxylic acids is 1. The van der Waals surface area contributed by atoms with Gasteiger partial charge in [0.2, 0.25) is 0 Å². The molecule has 1 aliphatic rings. The van der Waals surface area contributed by atoms with Gasteiger partial charge in [-0.15, -0.1) is 0 Å². The molecule has 1 aromatic heterocycles. The van der Waals surface area contributed by atoms with Gasteiger partial charge in [0.05, 0.1) is 11.8 Å². The Bertz CT molecular complexity index is 489. The van der Waals surface area contributed by atoms with Crippen LogP contribution in [-0.2, 0) is 23.4 Å². The van der Waals surface area contributed by atoms with Gasteiger partial charge in [-0.25, -0.2) is 0 Å². The highest BCUT2D eigenvalue weighted by atomic mass is 19.4. The van der Waals surface area contributed by atoms with Crippen molar-refractivity contribution < 1.29 is 28.2 Å². The lowest BCUT2D eigenvalue weighted by atomic mass is 9.64. The summed E-state index contributed by atoms with van der Waals surface area (Å²) in [7, 11) is 1.26. The number of nitrogens with zero attached hydrogens (tertiary/aromatic N) is 2. The van der Waals surface area contributed by atoms with Crippen LogP contribution in [0.2, 0.25) is 0 Å². The molecule has 1 aliphatic carbocycles. The predicted molar refractivity (Wildman–Crippen MR) is 52.8 cm³/mol. The van der Waals surface area contributed by atoms with Crippen LogP contribution in [0, 0.1) is 0 Å². The number of aliphatic hydroxyl groups is 1. The molecule has 1 aromatic rings. The number of halogens is 3. The number of carboxylic acid groups (broad SMARTS) is 1. The first-order valence-corrected chi connectivity index (χ1v) is 5.20. The molecular formula is C10H11F3N2O3. The first-order valence-electron chi connectivity index (χ1n) is 5.20. The SMILES string of the molecule is Cn1nc(C(F)(F)F)cc1C1(C(=O)O)CC(O)C1. The van der Waals surface area contributed by atoms with Crippen LogP contribution in [-0.4, -0.2) is 32.1 Å². The normalized spacial score (nSPS) is 27.9. The van der Waals surface area contributed by atoms with Gasteiger partial charge in [0.1, 0.15) is 5.41 Å². The Kier molecular flexibility index (Phi) is 2.65. The molecule has 100 valence electrons. The second-order valence-electron chi connectivity index (χ2n) is 4.49. The lowest BCUT2D eigenvalue weighted by Gasteiger charge is -2.41. The van der Waals surface area contributed by atoms with Gasteiger partial charge >= 0.3 is 12.1 Å². The number of aryl methyl sites for hydroxylation is 1. The maximum Gasteiger partial charge on any atom is 0.435 e. The molecule has 18 heavy (non-hydrogen) atoms. The summed E-state index contributed by atoms with van der Waals surface area (Å²) in [5.74, 6) is -1.25. The number of hydrogen-bond acceptors (Lipinski definition) is 3. The highest BCUT2D eigenvalue weighted by molar-refractivity contribution is 5.82. The van der Waals surface area contributed by atoms with E-state index in [1.54, 1.807) is 0 Å². The zero-order valence-electron chi connectivity index (χ0n) is 9.40. The van der Waals surface area contributed by atoms with Gasteiger partial charge in [0, 0.05) is 7.05 Å². The van der Waals surface area contributed by atoms with Crippen LogP contribution in [0.15, 0.2) is 6.07 Å². The highest BCUT2D eigenvalue weighted by Crippen LogP contribution is 2.45. The fourth-order valence-corrected chi connectivity index (χ4v) is 2.29. The Morgan fingerprint density at radius 1 is 1.56 bits per heavy atom. The van der Waals surface area contributed by atoms with Gasteiger partial charge in [0.25, 0.3) is 0 Å². The largest absolute Gasteiger partial charge is 0.481 e. The van der Waals surface area contributed by atoms with Crippen molar-refractivity contribution in [2.45, 2.75) is 30.5 Å². The summed E-state index contributed by atoms with van der Waals surface area (Å²) in [6.45, 7) is 0. The Morgan fingerprint density at radius 3 is 2.44 bits per heavy atom. The number of alkyl halides is 3. The Morgan fingerprint density at radius 2 is 2.11 bits per heavy atom. The third-order valence-electron chi connectivity index (χ3n) is 3.24. The molecule has 0 aromatic carbocycles. The van der Waals surface area contributed by atoms with Crippen molar-refractivity contribution in [3.8, 4) is 0 Å². The minimum Gasteiger partial charge on any atom is -0.481 e. The van der Waals surface area contributed by atoms with E-state index in [0.717, 1.165) is 10.7 Å². The van der Waals surface area contributed by atoms with Crippen LogP contribution < -0.4 is 0 Å². The van der Waals surface area contributed by atoms with Crippen LogP contribution in [0.4, 0.5) is 13.2 Å². The first kappa shape index (κ1) is 12.9. The summed E-state index contributed by atoms with van der Waals surface area (Å²) in [6, 6.07) is 0.736. The predicted octanol–water partition coefficient (Wildman–Crippen LogP) is 0.916. The van der Waals surface area contributed by atoms with Crippen LogP contribution in [0.1, 0.15) is 24.2 Å². The smallest absolute Gasteiger partial charge is 0.435 e. The molecule has 5 nitrogen and oxygen atoms in total. The zero-order valence-corrected chi connectivity index (χ0v) is 9.40. The number of carbonyl (C=O) groups is 1. The first-order chi connectivity index (χ1) is 8.17. The third-order valence-corrected chi connectivity index (χ3v) is 3.24. The van der Waals surface area contributed by atoms with Crippen molar-refractivity contribution in [1.82, 2.24) is 9.78 Å². The van der Waals surface area contributed by atoms with Crippen molar-refractivity contribution in [1.29, 1.82) is 0 Å². The Hall–Kier alpha value is -1.57. The molecular weight excluding hydrogens is 253 g/mol. The topological polar surface area (TPSA) is 75.4 Å². The lowest BCUT2D eigenvalue weighted by molar-refractivity contribution is -0.153. The molecule has 1 heterocycles. The molecule has 2 N–H and O–H groups in total. The van der Waals surface area contributed by atoms with Gasteiger partial charge in [-0.1, -0.05) is 0 Å². The standard InChI is InChI=1S/C10H11F3N2O3/c1-15-7(2-6(14-15)10(11,12)13)9(8(17)18)3-5(16)4-9/h2,5,16H,3-4H2,1H3,(H,17,18). The van der Waals surface area contributed by atoms with E-state index in [9.17, 15) is 23.1 Å². The second-order valence-corrected chi connectivity index (χ2v) is 4.49. The molecule has 8 heteroatoms. The lowest BCUT2D eigenvalue weighted by Crippen LogP contribution is -2.51.